The van der Waals surface area contributed by atoms with E-state index in [1.807, 2.05) is 19.1 Å². The molecular weight excluding hydrogens is 204 g/mol. The largest absolute Gasteiger partial charge is 0.494 e. The lowest BCUT2D eigenvalue weighted by Gasteiger charge is -2.07. The minimum atomic E-state index is -0.532. The predicted molar refractivity (Wildman–Crippen MR) is 61.5 cm³/mol. The zero-order valence-electron chi connectivity index (χ0n) is 9.15. The van der Waals surface area contributed by atoms with Crippen molar-refractivity contribution in [1.29, 1.82) is 0 Å². The summed E-state index contributed by atoms with van der Waals surface area (Å²) in [5.41, 5.74) is 7.10. The van der Waals surface area contributed by atoms with Crippen molar-refractivity contribution < 1.29 is 9.53 Å². The molecule has 4 nitrogen and oxygen atoms in total. The van der Waals surface area contributed by atoms with Crippen molar-refractivity contribution >= 4 is 16.8 Å². The highest BCUT2D eigenvalue weighted by Crippen LogP contribution is 2.26. The van der Waals surface area contributed by atoms with Crippen LogP contribution in [0.2, 0.25) is 0 Å². The molecule has 1 amide bonds. The Labute approximate surface area is 93.0 Å². The average molecular weight is 216 g/mol. The van der Waals surface area contributed by atoms with Crippen molar-refractivity contribution in [3.8, 4) is 5.75 Å². The Balaban J connectivity index is 2.82. The van der Waals surface area contributed by atoms with Gasteiger partial charge in [-0.15, -0.1) is 0 Å². The summed E-state index contributed by atoms with van der Waals surface area (Å²) in [7, 11) is 1.57. The van der Waals surface area contributed by atoms with Crippen molar-refractivity contribution in [3.63, 3.8) is 0 Å². The zero-order valence-corrected chi connectivity index (χ0v) is 9.15. The third-order valence-electron chi connectivity index (χ3n) is 2.48. The molecule has 16 heavy (non-hydrogen) atoms. The maximum absolute atomic E-state index is 11.1. The van der Waals surface area contributed by atoms with Crippen LogP contribution in [0.5, 0.6) is 5.75 Å². The highest BCUT2D eigenvalue weighted by Gasteiger charge is 2.09. The monoisotopic (exact) mass is 216 g/mol. The van der Waals surface area contributed by atoms with Crippen LogP contribution in [0.1, 0.15) is 16.1 Å². The molecule has 1 aromatic carbocycles. The van der Waals surface area contributed by atoms with Crippen molar-refractivity contribution in [2.24, 2.45) is 5.73 Å². The number of primary amides is 1. The van der Waals surface area contributed by atoms with E-state index in [0.29, 0.717) is 11.3 Å². The van der Waals surface area contributed by atoms with Crippen molar-refractivity contribution in [3.05, 3.63) is 35.5 Å². The normalized spacial score (nSPS) is 10.4. The first-order chi connectivity index (χ1) is 7.63. The van der Waals surface area contributed by atoms with E-state index in [-0.39, 0.29) is 5.69 Å². The number of methoxy groups -OCH3 is 1. The van der Waals surface area contributed by atoms with E-state index in [2.05, 4.69) is 4.98 Å². The number of nitrogens with two attached hydrogens (primary N) is 1. The number of hydrogen-bond donors (Lipinski definition) is 1. The van der Waals surface area contributed by atoms with Gasteiger partial charge in [0.25, 0.3) is 5.91 Å². The van der Waals surface area contributed by atoms with E-state index in [4.69, 9.17) is 10.5 Å². The number of fused-ring (bicyclic) bond motifs is 1. The molecule has 0 saturated carbocycles. The zero-order chi connectivity index (χ0) is 11.7. The number of para-hydroxylation sites is 1. The fourth-order valence-corrected chi connectivity index (χ4v) is 1.68. The summed E-state index contributed by atoms with van der Waals surface area (Å²) in [6.07, 6.45) is 0. The minimum absolute atomic E-state index is 0.259. The Hall–Kier alpha value is -2.10. The van der Waals surface area contributed by atoms with Gasteiger partial charge in [0.15, 0.2) is 0 Å². The van der Waals surface area contributed by atoms with Crippen LogP contribution >= 0.6 is 0 Å². The van der Waals surface area contributed by atoms with Gasteiger partial charge >= 0.3 is 0 Å². The van der Waals surface area contributed by atoms with Crippen molar-refractivity contribution in [2.45, 2.75) is 6.92 Å². The molecule has 0 atom stereocenters. The van der Waals surface area contributed by atoms with E-state index < -0.39 is 5.91 Å². The highest BCUT2D eigenvalue weighted by molar-refractivity contribution is 5.96. The Morgan fingerprint density at radius 3 is 2.81 bits per heavy atom. The van der Waals surface area contributed by atoms with Gasteiger partial charge in [0, 0.05) is 5.39 Å². The summed E-state index contributed by atoms with van der Waals surface area (Å²) in [5, 5.41) is 0.962. The first kappa shape index (κ1) is 10.4. The van der Waals surface area contributed by atoms with Gasteiger partial charge in [-0.3, -0.25) is 4.79 Å². The van der Waals surface area contributed by atoms with Crippen LogP contribution in [0.4, 0.5) is 0 Å². The van der Waals surface area contributed by atoms with E-state index in [0.717, 1.165) is 10.9 Å². The first-order valence-electron chi connectivity index (χ1n) is 4.87. The lowest BCUT2D eigenvalue weighted by Crippen LogP contribution is -2.13. The van der Waals surface area contributed by atoms with E-state index in [9.17, 15) is 4.79 Å². The number of aryl methyl sites for hydroxylation is 1. The summed E-state index contributed by atoms with van der Waals surface area (Å²) < 4.78 is 5.20. The van der Waals surface area contributed by atoms with Gasteiger partial charge in [0.1, 0.15) is 17.0 Å². The molecule has 2 rings (SSSR count). The van der Waals surface area contributed by atoms with E-state index in [1.54, 1.807) is 19.2 Å². The van der Waals surface area contributed by atoms with Gasteiger partial charge < -0.3 is 10.5 Å². The lowest BCUT2D eigenvalue weighted by atomic mass is 10.1. The topological polar surface area (TPSA) is 65.2 Å². The van der Waals surface area contributed by atoms with Gasteiger partial charge in [-0.05, 0) is 24.6 Å². The molecule has 82 valence electrons. The number of pyridine rings is 1. The number of aromatic nitrogens is 1. The molecule has 2 aromatic rings. The van der Waals surface area contributed by atoms with Gasteiger partial charge in [0.2, 0.25) is 0 Å². The van der Waals surface area contributed by atoms with Crippen LogP contribution in [0.25, 0.3) is 10.9 Å². The fraction of sp³-hybridized carbons (Fsp3) is 0.167. The predicted octanol–water partition coefficient (Wildman–Crippen LogP) is 1.65. The molecule has 0 aliphatic carbocycles. The molecule has 1 heterocycles. The molecule has 0 saturated heterocycles. The Morgan fingerprint density at radius 2 is 2.19 bits per heavy atom. The molecule has 4 heteroatoms. The molecule has 0 unspecified atom stereocenters. The molecule has 0 radical (unpaired) electrons. The average Bonchev–Trinajstić information content (AvgIpc) is 2.28. The Kier molecular flexibility index (Phi) is 2.48. The second kappa shape index (κ2) is 3.81. The van der Waals surface area contributed by atoms with Crippen LogP contribution in [-0.4, -0.2) is 18.0 Å². The minimum Gasteiger partial charge on any atom is -0.494 e. The second-order valence-corrected chi connectivity index (χ2v) is 3.55. The number of carbonyl (C=O) groups excluding carboxylic acids is 1. The maximum atomic E-state index is 11.1. The number of nitrogens with zero attached hydrogens (tertiary/aromatic N) is 1. The molecule has 0 aliphatic rings. The molecule has 1 aromatic heterocycles. The van der Waals surface area contributed by atoms with Crippen LogP contribution in [0.3, 0.4) is 0 Å². The van der Waals surface area contributed by atoms with Gasteiger partial charge in [-0.2, -0.15) is 0 Å². The van der Waals surface area contributed by atoms with Crippen LogP contribution < -0.4 is 10.5 Å². The molecule has 0 bridgehead atoms. The maximum Gasteiger partial charge on any atom is 0.267 e. The SMILES string of the molecule is COc1cccc2c(C)cc(C(N)=O)nc12. The van der Waals surface area contributed by atoms with Crippen LogP contribution in [0.15, 0.2) is 24.3 Å². The highest BCUT2D eigenvalue weighted by atomic mass is 16.5. The lowest BCUT2D eigenvalue weighted by molar-refractivity contribution is 0.0996. The number of rotatable bonds is 2. The summed E-state index contributed by atoms with van der Waals surface area (Å²) >= 11 is 0. The molecule has 0 spiro atoms. The third kappa shape index (κ3) is 1.58. The van der Waals surface area contributed by atoms with Gasteiger partial charge in [0.05, 0.1) is 7.11 Å². The fourth-order valence-electron chi connectivity index (χ4n) is 1.68. The number of hydrogen-bond acceptors (Lipinski definition) is 3. The van der Waals surface area contributed by atoms with E-state index in [1.165, 1.54) is 0 Å². The van der Waals surface area contributed by atoms with Crippen LogP contribution in [0, 0.1) is 6.92 Å². The van der Waals surface area contributed by atoms with Crippen molar-refractivity contribution in [2.75, 3.05) is 7.11 Å². The smallest absolute Gasteiger partial charge is 0.267 e. The number of carbonyl (C=O) groups is 1. The van der Waals surface area contributed by atoms with Crippen LogP contribution in [-0.2, 0) is 0 Å². The standard InChI is InChI=1S/C12H12N2O2/c1-7-6-9(12(13)15)14-11-8(7)4-3-5-10(11)16-2/h3-6H,1-2H3,(H2,13,15). The first-order valence-corrected chi connectivity index (χ1v) is 4.87. The number of benzene rings is 1. The summed E-state index contributed by atoms with van der Waals surface area (Å²) in [6.45, 7) is 1.91. The molecular formula is C12H12N2O2. The molecule has 0 aliphatic heterocycles. The number of ether oxygens (including phenoxy) is 1. The van der Waals surface area contributed by atoms with Crippen molar-refractivity contribution in [1.82, 2.24) is 4.98 Å². The van der Waals surface area contributed by atoms with Gasteiger partial charge in [-0.25, -0.2) is 4.98 Å². The summed E-state index contributed by atoms with van der Waals surface area (Å²) in [5.74, 6) is 0.111. The Bertz CT molecular complexity index is 564. The Morgan fingerprint density at radius 1 is 1.44 bits per heavy atom. The summed E-state index contributed by atoms with van der Waals surface area (Å²) in [4.78, 5) is 15.3. The molecule has 2 N–H and O–H groups in total. The van der Waals surface area contributed by atoms with Gasteiger partial charge in [-0.1, -0.05) is 12.1 Å². The second-order valence-electron chi connectivity index (χ2n) is 3.55. The van der Waals surface area contributed by atoms with E-state index >= 15 is 0 Å². The third-order valence-corrected chi connectivity index (χ3v) is 2.48. The molecule has 0 fully saturated rings. The summed E-state index contributed by atoms with van der Waals surface area (Å²) in [6, 6.07) is 7.31. The quantitative estimate of drug-likeness (QED) is 0.830. The number of amides is 1.